The van der Waals surface area contributed by atoms with E-state index in [0.717, 1.165) is 0 Å². The fourth-order valence-corrected chi connectivity index (χ4v) is 1.86. The summed E-state index contributed by atoms with van der Waals surface area (Å²) in [4.78, 5) is 22.3. The minimum absolute atomic E-state index is 0.136. The van der Waals surface area contributed by atoms with Gasteiger partial charge in [-0.25, -0.2) is 0 Å². The second-order valence-electron chi connectivity index (χ2n) is 4.73. The predicted octanol–water partition coefficient (Wildman–Crippen LogP) is 1.41. The van der Waals surface area contributed by atoms with Crippen LogP contribution in [-0.4, -0.2) is 42.6 Å². The van der Waals surface area contributed by atoms with Gasteiger partial charge in [-0.1, -0.05) is 0 Å². The second-order valence-corrected chi connectivity index (χ2v) is 4.73. The Morgan fingerprint density at radius 1 is 1.26 bits per heavy atom. The number of carbonyl (C=O) groups excluding carboxylic acids is 2. The molecule has 0 saturated carbocycles. The van der Waals surface area contributed by atoms with Crippen LogP contribution in [0.3, 0.4) is 0 Å². The van der Waals surface area contributed by atoms with Crippen LogP contribution in [0.25, 0.3) is 0 Å². The normalized spacial score (nSPS) is 35.7. The first-order chi connectivity index (χ1) is 9.22. The van der Waals surface area contributed by atoms with Crippen molar-refractivity contribution < 1.29 is 29.9 Å². The summed E-state index contributed by atoms with van der Waals surface area (Å²) in [7, 11) is 0. The van der Waals surface area contributed by atoms with Gasteiger partial charge < -0.3 is 18.9 Å². The zero-order valence-electron chi connectivity index (χ0n) is 12.9. The van der Waals surface area contributed by atoms with Crippen LogP contribution < -0.4 is 0 Å². The Kier molecular flexibility index (Phi) is 5.15. The van der Waals surface area contributed by atoms with Crippen molar-refractivity contribution in [2.45, 2.75) is 71.7 Å². The van der Waals surface area contributed by atoms with E-state index in [9.17, 15) is 9.59 Å². The van der Waals surface area contributed by atoms with E-state index in [0.29, 0.717) is 0 Å². The first kappa shape index (κ1) is 14.3. The molecule has 1 aliphatic heterocycles. The summed E-state index contributed by atoms with van der Waals surface area (Å²) < 4.78 is 29.4. The van der Waals surface area contributed by atoms with Crippen LogP contribution in [0, 0.1) is 0 Å². The third-order valence-electron chi connectivity index (χ3n) is 2.49. The lowest BCUT2D eigenvalue weighted by Crippen LogP contribution is -2.51. The molecule has 5 atom stereocenters. The van der Waals surface area contributed by atoms with E-state index < -0.39 is 42.9 Å². The van der Waals surface area contributed by atoms with Crippen LogP contribution >= 0.6 is 0 Å². The monoisotopic (exact) mass is 275 g/mol. The van der Waals surface area contributed by atoms with Gasteiger partial charge in [0.05, 0.1) is 12.2 Å². The second kappa shape index (κ2) is 6.86. The van der Waals surface area contributed by atoms with E-state index in [1.807, 2.05) is 13.8 Å². The molecule has 1 aliphatic rings. The molecular formula is C13H22O6. The van der Waals surface area contributed by atoms with Crippen molar-refractivity contribution >= 4 is 11.9 Å². The largest absolute Gasteiger partial charge is 0.458 e. The molecule has 110 valence electrons. The highest BCUT2D eigenvalue weighted by Gasteiger charge is 2.41. The summed E-state index contributed by atoms with van der Waals surface area (Å²) in [6.07, 6.45) is -4.21. The summed E-state index contributed by atoms with van der Waals surface area (Å²) in [5, 5.41) is 0. The SMILES string of the molecule is [2H][C@H]1[C@H](OC(C)C)O[C@@H](C)[C@H](OC(C)=O)[C@H]1OC(C)=O. The molecule has 1 heterocycles. The number of ether oxygens (including phenoxy) is 4. The molecular weight excluding hydrogens is 252 g/mol. The molecule has 0 aliphatic carbocycles. The Labute approximate surface area is 114 Å². The number of esters is 2. The first-order valence-electron chi connectivity index (χ1n) is 6.87. The van der Waals surface area contributed by atoms with E-state index >= 15 is 0 Å². The highest BCUT2D eigenvalue weighted by Crippen LogP contribution is 2.26. The fourth-order valence-electron chi connectivity index (χ4n) is 1.86. The number of hydrogen-bond acceptors (Lipinski definition) is 6. The molecule has 1 saturated heterocycles. The highest BCUT2D eigenvalue weighted by molar-refractivity contribution is 5.67. The number of rotatable bonds is 4. The summed E-state index contributed by atoms with van der Waals surface area (Å²) in [6.45, 7) is 7.83. The summed E-state index contributed by atoms with van der Waals surface area (Å²) in [5.41, 5.74) is 0. The van der Waals surface area contributed by atoms with Gasteiger partial charge in [0.15, 0.2) is 12.4 Å². The number of carbonyl (C=O) groups is 2. The van der Waals surface area contributed by atoms with E-state index in [1.54, 1.807) is 6.92 Å². The van der Waals surface area contributed by atoms with Gasteiger partial charge in [-0.05, 0) is 20.8 Å². The van der Waals surface area contributed by atoms with Crippen molar-refractivity contribution in [3.8, 4) is 0 Å². The van der Waals surface area contributed by atoms with Gasteiger partial charge in [-0.2, -0.15) is 0 Å². The molecule has 6 nitrogen and oxygen atoms in total. The van der Waals surface area contributed by atoms with E-state index in [1.165, 1.54) is 13.8 Å². The average Bonchev–Trinajstić information content (AvgIpc) is 2.28. The van der Waals surface area contributed by atoms with Crippen molar-refractivity contribution in [2.24, 2.45) is 0 Å². The molecule has 1 rings (SSSR count). The van der Waals surface area contributed by atoms with Crippen molar-refractivity contribution in [1.29, 1.82) is 0 Å². The Bertz CT molecular complexity index is 359. The van der Waals surface area contributed by atoms with Gasteiger partial charge in [0.1, 0.15) is 6.10 Å². The minimum atomic E-state index is -0.984. The molecule has 0 N–H and O–H groups in total. The van der Waals surface area contributed by atoms with Gasteiger partial charge in [0.25, 0.3) is 0 Å². The van der Waals surface area contributed by atoms with Crippen LogP contribution in [0.5, 0.6) is 0 Å². The highest BCUT2D eigenvalue weighted by atomic mass is 16.7. The quantitative estimate of drug-likeness (QED) is 0.722. The average molecular weight is 275 g/mol. The Morgan fingerprint density at radius 3 is 2.32 bits per heavy atom. The maximum Gasteiger partial charge on any atom is 0.303 e. The Balaban J connectivity index is 2.90. The lowest BCUT2D eigenvalue weighted by atomic mass is 10.0. The summed E-state index contributed by atoms with van der Waals surface area (Å²) in [5.74, 6) is -1.06. The van der Waals surface area contributed by atoms with Crippen LogP contribution in [0.4, 0.5) is 0 Å². The summed E-state index contributed by atoms with van der Waals surface area (Å²) in [6, 6.07) is 0. The molecule has 0 amide bonds. The van der Waals surface area contributed by atoms with Crippen LogP contribution in [-0.2, 0) is 28.5 Å². The van der Waals surface area contributed by atoms with Crippen LogP contribution in [0.2, 0.25) is 0 Å². The minimum Gasteiger partial charge on any atom is -0.458 e. The van der Waals surface area contributed by atoms with Crippen molar-refractivity contribution in [3.63, 3.8) is 0 Å². The van der Waals surface area contributed by atoms with Crippen molar-refractivity contribution in [2.75, 3.05) is 0 Å². The molecule has 0 unspecified atom stereocenters. The van der Waals surface area contributed by atoms with E-state index in [4.69, 9.17) is 20.3 Å². The van der Waals surface area contributed by atoms with Gasteiger partial charge in [0, 0.05) is 21.6 Å². The predicted molar refractivity (Wildman–Crippen MR) is 66.3 cm³/mol. The van der Waals surface area contributed by atoms with Gasteiger partial charge in [-0.3, -0.25) is 9.59 Å². The van der Waals surface area contributed by atoms with Gasteiger partial charge in [0.2, 0.25) is 0 Å². The smallest absolute Gasteiger partial charge is 0.303 e. The molecule has 0 radical (unpaired) electrons. The fraction of sp³-hybridized carbons (Fsp3) is 0.846. The maximum absolute atomic E-state index is 11.2. The Morgan fingerprint density at radius 2 is 1.84 bits per heavy atom. The maximum atomic E-state index is 11.2. The molecule has 0 spiro atoms. The van der Waals surface area contributed by atoms with E-state index in [2.05, 4.69) is 0 Å². The summed E-state index contributed by atoms with van der Waals surface area (Å²) >= 11 is 0. The molecule has 0 bridgehead atoms. The van der Waals surface area contributed by atoms with Gasteiger partial charge in [-0.15, -0.1) is 0 Å². The lowest BCUT2D eigenvalue weighted by molar-refractivity contribution is -0.263. The molecule has 19 heavy (non-hydrogen) atoms. The Hall–Kier alpha value is -1.14. The lowest BCUT2D eigenvalue weighted by Gasteiger charge is -2.39. The zero-order valence-corrected chi connectivity index (χ0v) is 11.9. The topological polar surface area (TPSA) is 71.1 Å². The third-order valence-corrected chi connectivity index (χ3v) is 2.49. The van der Waals surface area contributed by atoms with Crippen molar-refractivity contribution in [1.82, 2.24) is 0 Å². The molecule has 1 fully saturated rings. The van der Waals surface area contributed by atoms with Gasteiger partial charge >= 0.3 is 11.9 Å². The van der Waals surface area contributed by atoms with Crippen LogP contribution in [0.1, 0.15) is 42.4 Å². The standard InChI is InChI=1S/C13H22O6/c1-7(2)16-12-6-11(18-9(4)14)13(8(3)17-12)19-10(5)15/h7-8,11-13H,6H2,1-5H3/t8-,11-,12+,13-/m0/s1/i6D/t6-,8+,11+,12-,13+/m1. The molecule has 0 aromatic rings. The molecule has 6 heteroatoms. The van der Waals surface area contributed by atoms with E-state index in [-0.39, 0.29) is 6.10 Å². The van der Waals surface area contributed by atoms with Crippen LogP contribution in [0.15, 0.2) is 0 Å². The number of hydrogen-bond donors (Lipinski definition) is 0. The molecule has 0 aromatic heterocycles. The first-order valence-corrected chi connectivity index (χ1v) is 6.30. The zero-order chi connectivity index (χ0) is 15.4. The molecule has 0 aromatic carbocycles. The van der Waals surface area contributed by atoms with Crippen molar-refractivity contribution in [3.05, 3.63) is 0 Å². The third kappa shape index (κ3) is 5.16.